The summed E-state index contributed by atoms with van der Waals surface area (Å²) in [6, 6.07) is 12.5. The number of aliphatic carboxylic acids is 1. The zero-order valence-corrected chi connectivity index (χ0v) is 20.3. The zero-order chi connectivity index (χ0) is 22.6. The molecule has 2 aromatic carbocycles. The van der Waals surface area contributed by atoms with Crippen molar-refractivity contribution in [1.29, 1.82) is 0 Å². The molecule has 9 heteroatoms. The molecule has 0 spiro atoms. The highest BCUT2D eigenvalue weighted by atomic mass is 35.5. The topological polar surface area (TPSA) is 70.1 Å². The first kappa shape index (κ1) is 26.3. The Morgan fingerprint density at radius 1 is 1.12 bits per heavy atom. The number of carbonyl (C=O) groups is 2. The molecule has 1 aliphatic rings. The number of hydrogen-bond acceptors (Lipinski definition) is 4. The van der Waals surface area contributed by atoms with Crippen LogP contribution >= 0.6 is 35.6 Å². The predicted molar refractivity (Wildman–Crippen MR) is 128 cm³/mol. The first-order valence-corrected chi connectivity index (χ1v) is 10.9. The lowest BCUT2D eigenvalue weighted by atomic mass is 9.96. The molecule has 1 fully saturated rings. The summed E-state index contributed by atoms with van der Waals surface area (Å²) in [7, 11) is 1.79. The number of halogens is 3. The number of amides is 1. The molecule has 1 saturated heterocycles. The van der Waals surface area contributed by atoms with E-state index in [2.05, 4.69) is 4.90 Å². The Kier molecular flexibility index (Phi) is 9.22. The van der Waals surface area contributed by atoms with Gasteiger partial charge in [0.05, 0.1) is 16.5 Å². The maximum absolute atomic E-state index is 13.3. The molecule has 1 heterocycles. The second-order valence-corrected chi connectivity index (χ2v) is 8.62. The van der Waals surface area contributed by atoms with E-state index in [1.807, 2.05) is 25.1 Å². The molecular weight excluding hydrogens is 475 g/mol. The van der Waals surface area contributed by atoms with Crippen molar-refractivity contribution in [3.8, 4) is 5.75 Å². The van der Waals surface area contributed by atoms with Gasteiger partial charge in [-0.2, -0.15) is 0 Å². The maximum Gasteiger partial charge on any atom is 0.341 e. The van der Waals surface area contributed by atoms with Crippen LogP contribution in [0.1, 0.15) is 30.9 Å². The molecule has 0 aromatic heterocycles. The van der Waals surface area contributed by atoms with E-state index in [9.17, 15) is 9.59 Å². The molecule has 1 aliphatic heterocycles. The number of ether oxygens (including phenoxy) is 1. The van der Waals surface area contributed by atoms with Gasteiger partial charge in [-0.05, 0) is 55.2 Å². The highest BCUT2D eigenvalue weighted by Crippen LogP contribution is 2.36. The van der Waals surface area contributed by atoms with E-state index in [4.69, 9.17) is 33.0 Å². The van der Waals surface area contributed by atoms with E-state index in [0.717, 1.165) is 37.1 Å². The Balaban J connectivity index is 0.00000363. The maximum atomic E-state index is 13.3. The van der Waals surface area contributed by atoms with Crippen LogP contribution in [0.2, 0.25) is 10.0 Å². The van der Waals surface area contributed by atoms with Crippen molar-refractivity contribution in [3.63, 3.8) is 0 Å². The minimum atomic E-state index is -1.04. The summed E-state index contributed by atoms with van der Waals surface area (Å²) < 4.78 is 5.38. The van der Waals surface area contributed by atoms with E-state index in [0.29, 0.717) is 15.8 Å². The Morgan fingerprint density at radius 3 is 2.44 bits per heavy atom. The van der Waals surface area contributed by atoms with Crippen LogP contribution in [0.3, 0.4) is 0 Å². The molecule has 1 unspecified atom stereocenters. The largest absolute Gasteiger partial charge is 0.482 e. The summed E-state index contributed by atoms with van der Waals surface area (Å²) >= 11 is 12.1. The van der Waals surface area contributed by atoms with Gasteiger partial charge in [0.1, 0.15) is 11.4 Å². The third-order valence-electron chi connectivity index (χ3n) is 5.83. The Morgan fingerprint density at radius 2 is 1.81 bits per heavy atom. The summed E-state index contributed by atoms with van der Waals surface area (Å²) in [4.78, 5) is 28.2. The van der Waals surface area contributed by atoms with Crippen molar-refractivity contribution in [1.82, 2.24) is 9.80 Å². The Hall–Kier alpha value is -1.99. The fraction of sp³-hybridized carbons (Fsp3) is 0.391. The van der Waals surface area contributed by atoms with Crippen LogP contribution in [0.15, 0.2) is 42.5 Å². The summed E-state index contributed by atoms with van der Waals surface area (Å²) in [6.07, 6.45) is 2.30. The minimum absolute atomic E-state index is 0. The van der Waals surface area contributed by atoms with Crippen LogP contribution in [0.5, 0.6) is 5.75 Å². The van der Waals surface area contributed by atoms with Gasteiger partial charge in [-0.1, -0.05) is 41.4 Å². The molecule has 1 amide bonds. The van der Waals surface area contributed by atoms with Crippen molar-refractivity contribution in [2.24, 2.45) is 0 Å². The van der Waals surface area contributed by atoms with Crippen molar-refractivity contribution in [2.75, 3.05) is 26.7 Å². The molecule has 32 heavy (non-hydrogen) atoms. The number of hydrogen-bond donors (Lipinski definition) is 1. The van der Waals surface area contributed by atoms with Gasteiger partial charge < -0.3 is 14.7 Å². The molecule has 6 nitrogen and oxygen atoms in total. The molecule has 0 saturated carbocycles. The molecule has 0 aliphatic carbocycles. The number of carboxylic acids is 1. The fourth-order valence-corrected chi connectivity index (χ4v) is 4.27. The lowest BCUT2D eigenvalue weighted by molar-refractivity contribution is -0.143. The normalized spacial score (nSPS) is 15.5. The molecular formula is C23H27Cl3N2O4. The molecule has 1 atom stereocenters. The Bertz CT molecular complexity index is 966. The number of carboxylic acid groups (broad SMARTS) is 1. The highest BCUT2D eigenvalue weighted by molar-refractivity contribution is 6.42. The summed E-state index contributed by atoms with van der Waals surface area (Å²) in [5, 5.41) is 9.78. The van der Waals surface area contributed by atoms with Gasteiger partial charge in [0.15, 0.2) is 6.61 Å². The van der Waals surface area contributed by atoms with Crippen LogP contribution in [0, 0.1) is 0 Å². The van der Waals surface area contributed by atoms with Gasteiger partial charge in [-0.15, -0.1) is 12.4 Å². The van der Waals surface area contributed by atoms with E-state index >= 15 is 0 Å². The molecule has 174 valence electrons. The van der Waals surface area contributed by atoms with Gasteiger partial charge >= 0.3 is 5.97 Å². The summed E-state index contributed by atoms with van der Waals surface area (Å²) in [5.74, 6) is -0.651. The zero-order valence-electron chi connectivity index (χ0n) is 18.0. The lowest BCUT2D eigenvalue weighted by Crippen LogP contribution is -2.56. The SMILES string of the molecule is CN(C(=O)Cc1ccc(Cl)c(Cl)c1)C(C)(c1cccc(OCC(=O)O)c1)N1CCCC1.Cl. The standard InChI is InChI=1S/C23H26Cl2N2O4.ClH/c1-23(27-10-3-4-11-27,17-6-5-7-18(14-17)31-15-22(29)30)26(2)21(28)13-16-8-9-19(24)20(25)12-16;/h5-9,12,14H,3-4,10-11,13,15H2,1-2H3,(H,29,30);1H. The third kappa shape index (κ3) is 5.87. The predicted octanol–water partition coefficient (Wildman–Crippen LogP) is 4.85. The quantitative estimate of drug-likeness (QED) is 0.560. The molecule has 0 radical (unpaired) electrons. The molecule has 0 bridgehead atoms. The van der Waals surface area contributed by atoms with Crippen molar-refractivity contribution in [3.05, 3.63) is 63.6 Å². The van der Waals surface area contributed by atoms with E-state index in [1.54, 1.807) is 36.2 Å². The third-order valence-corrected chi connectivity index (χ3v) is 6.57. The first-order chi connectivity index (χ1) is 14.7. The van der Waals surface area contributed by atoms with E-state index in [-0.39, 0.29) is 24.7 Å². The average Bonchev–Trinajstić information content (AvgIpc) is 3.29. The van der Waals surface area contributed by atoms with Crippen LogP contribution < -0.4 is 4.74 Å². The smallest absolute Gasteiger partial charge is 0.341 e. The van der Waals surface area contributed by atoms with Crippen LogP contribution in [-0.4, -0.2) is 53.5 Å². The second-order valence-electron chi connectivity index (χ2n) is 7.80. The van der Waals surface area contributed by atoms with Crippen LogP contribution in [0.25, 0.3) is 0 Å². The van der Waals surface area contributed by atoms with Crippen molar-refractivity contribution < 1.29 is 19.4 Å². The van der Waals surface area contributed by atoms with Gasteiger partial charge in [0.2, 0.25) is 5.91 Å². The number of likely N-dealkylation sites (N-methyl/N-ethyl adjacent to an activating group) is 1. The summed E-state index contributed by atoms with van der Waals surface area (Å²) in [6.45, 7) is 3.32. The second kappa shape index (κ2) is 11.2. The van der Waals surface area contributed by atoms with Crippen LogP contribution in [-0.2, 0) is 21.7 Å². The highest BCUT2D eigenvalue weighted by Gasteiger charge is 2.41. The minimum Gasteiger partial charge on any atom is -0.482 e. The monoisotopic (exact) mass is 500 g/mol. The first-order valence-electron chi connectivity index (χ1n) is 10.1. The number of nitrogens with zero attached hydrogens (tertiary/aromatic N) is 2. The molecule has 2 aromatic rings. The van der Waals surface area contributed by atoms with Crippen molar-refractivity contribution >= 4 is 47.5 Å². The van der Waals surface area contributed by atoms with E-state index < -0.39 is 18.2 Å². The Labute approximate surface area is 204 Å². The van der Waals surface area contributed by atoms with E-state index in [1.165, 1.54) is 0 Å². The van der Waals surface area contributed by atoms with Gasteiger partial charge in [0, 0.05) is 20.1 Å². The lowest BCUT2D eigenvalue weighted by Gasteiger charge is -2.46. The average molecular weight is 502 g/mol. The molecule has 3 rings (SSSR count). The summed E-state index contributed by atoms with van der Waals surface area (Å²) in [5.41, 5.74) is 0.933. The van der Waals surface area contributed by atoms with Crippen LogP contribution in [0.4, 0.5) is 0 Å². The van der Waals surface area contributed by atoms with Gasteiger partial charge in [-0.25, -0.2) is 4.79 Å². The number of rotatable bonds is 8. The van der Waals surface area contributed by atoms with Gasteiger partial charge in [-0.3, -0.25) is 9.69 Å². The van der Waals surface area contributed by atoms with Crippen molar-refractivity contribution in [2.45, 2.75) is 31.8 Å². The number of likely N-dealkylation sites (tertiary alicyclic amines) is 1. The van der Waals surface area contributed by atoms with Gasteiger partial charge in [0.25, 0.3) is 0 Å². The number of carbonyl (C=O) groups excluding carboxylic acids is 1. The molecule has 1 N–H and O–H groups in total. The fourth-order valence-electron chi connectivity index (χ4n) is 3.95. The number of benzene rings is 2.